The minimum absolute atomic E-state index is 0.111. The van der Waals surface area contributed by atoms with Crippen LogP contribution in [-0.4, -0.2) is 52.0 Å². The molecule has 5 rings (SSSR count). The number of benzene rings is 2. The van der Waals surface area contributed by atoms with Crippen molar-refractivity contribution in [3.8, 4) is 0 Å². The fraction of sp³-hybridized carbons (Fsp3) is 0.269. The fourth-order valence-corrected chi connectivity index (χ4v) is 4.88. The molecule has 1 aliphatic heterocycles. The van der Waals surface area contributed by atoms with Crippen LogP contribution < -0.4 is 4.90 Å². The Labute approximate surface area is 187 Å². The van der Waals surface area contributed by atoms with Gasteiger partial charge in [-0.25, -0.2) is 0 Å². The summed E-state index contributed by atoms with van der Waals surface area (Å²) < 4.78 is 0. The van der Waals surface area contributed by atoms with Gasteiger partial charge in [0.2, 0.25) is 0 Å². The first kappa shape index (κ1) is 20.4. The predicted octanol–water partition coefficient (Wildman–Crippen LogP) is 4.48. The molecule has 1 fully saturated rings. The molecule has 1 aliphatic rings. The van der Waals surface area contributed by atoms with E-state index in [0.29, 0.717) is 6.04 Å². The van der Waals surface area contributed by atoms with Crippen molar-refractivity contribution in [3.05, 3.63) is 90.3 Å². The van der Waals surface area contributed by atoms with Crippen LogP contribution in [0.4, 0.5) is 5.82 Å². The first-order valence-corrected chi connectivity index (χ1v) is 11.1. The Bertz CT molecular complexity index is 1190. The molecule has 32 heavy (non-hydrogen) atoms. The van der Waals surface area contributed by atoms with E-state index in [1.54, 1.807) is 6.20 Å². The Morgan fingerprint density at radius 3 is 2.75 bits per heavy atom. The number of hydrogen-bond donors (Lipinski definition) is 1. The molecule has 0 saturated carbocycles. The molecule has 0 amide bonds. The summed E-state index contributed by atoms with van der Waals surface area (Å²) in [6.07, 6.45) is 5.73. The lowest BCUT2D eigenvalue weighted by atomic mass is 9.95. The van der Waals surface area contributed by atoms with Crippen molar-refractivity contribution in [2.24, 2.45) is 0 Å². The zero-order chi connectivity index (χ0) is 21.9. The van der Waals surface area contributed by atoms with Crippen molar-refractivity contribution in [3.63, 3.8) is 0 Å². The van der Waals surface area contributed by atoms with Crippen LogP contribution in [0.5, 0.6) is 0 Å². The molecule has 0 bridgehead atoms. The standard InChI is InChI=1S/C26H27N5O/c1-30(18-20-11-8-16-31(20)24-14-7-15-28-29-24)25(19-9-3-2-4-10-19)26(32)22-17-27-23-13-6-5-12-21(22)23/h2-7,9-10,12-15,17,20,25,27H,8,11,16,18H2,1H3. The second-order valence-electron chi connectivity index (χ2n) is 8.44. The Morgan fingerprint density at radius 2 is 1.94 bits per heavy atom. The zero-order valence-electron chi connectivity index (χ0n) is 18.2. The molecule has 4 aromatic rings. The van der Waals surface area contributed by atoms with Gasteiger partial charge < -0.3 is 9.88 Å². The maximum absolute atomic E-state index is 13.9. The molecule has 0 aliphatic carbocycles. The van der Waals surface area contributed by atoms with Crippen LogP contribution in [0.25, 0.3) is 10.9 Å². The largest absolute Gasteiger partial charge is 0.360 e. The molecule has 0 spiro atoms. The third kappa shape index (κ3) is 3.89. The Morgan fingerprint density at radius 1 is 1.12 bits per heavy atom. The zero-order valence-corrected chi connectivity index (χ0v) is 18.2. The summed E-state index contributed by atoms with van der Waals surface area (Å²) in [6.45, 7) is 1.73. The van der Waals surface area contributed by atoms with Gasteiger partial charge in [0.25, 0.3) is 0 Å². The van der Waals surface area contributed by atoms with Crippen molar-refractivity contribution in [1.82, 2.24) is 20.1 Å². The average molecular weight is 426 g/mol. The van der Waals surface area contributed by atoms with Crippen molar-refractivity contribution in [2.45, 2.75) is 24.9 Å². The summed E-state index contributed by atoms with van der Waals surface area (Å²) in [4.78, 5) is 21.7. The lowest BCUT2D eigenvalue weighted by molar-refractivity contribution is 0.0846. The van der Waals surface area contributed by atoms with Gasteiger partial charge in [-0.1, -0.05) is 48.5 Å². The molecule has 3 heterocycles. The van der Waals surface area contributed by atoms with E-state index in [1.165, 1.54) is 0 Å². The highest BCUT2D eigenvalue weighted by Gasteiger charge is 2.33. The van der Waals surface area contributed by atoms with Crippen LogP contribution in [0.3, 0.4) is 0 Å². The van der Waals surface area contributed by atoms with Crippen molar-refractivity contribution >= 4 is 22.5 Å². The molecule has 2 unspecified atom stereocenters. The summed E-state index contributed by atoms with van der Waals surface area (Å²) in [7, 11) is 2.05. The molecular formula is C26H27N5O. The molecule has 6 nitrogen and oxygen atoms in total. The van der Waals surface area contributed by atoms with Crippen LogP contribution >= 0.6 is 0 Å². The first-order valence-electron chi connectivity index (χ1n) is 11.1. The van der Waals surface area contributed by atoms with E-state index < -0.39 is 0 Å². The van der Waals surface area contributed by atoms with E-state index in [-0.39, 0.29) is 11.8 Å². The molecule has 2 aromatic heterocycles. The van der Waals surface area contributed by atoms with Crippen molar-refractivity contribution in [1.29, 1.82) is 0 Å². The highest BCUT2D eigenvalue weighted by Crippen LogP contribution is 2.30. The number of carbonyl (C=O) groups is 1. The second kappa shape index (κ2) is 8.93. The number of ketones is 1. The maximum atomic E-state index is 13.9. The summed E-state index contributed by atoms with van der Waals surface area (Å²) in [5.41, 5.74) is 2.72. The minimum Gasteiger partial charge on any atom is -0.360 e. The van der Waals surface area contributed by atoms with Gasteiger partial charge >= 0.3 is 0 Å². The third-order valence-corrected chi connectivity index (χ3v) is 6.39. The number of nitrogens with one attached hydrogen (secondary N) is 1. The van der Waals surface area contributed by atoms with Crippen molar-refractivity contribution in [2.75, 3.05) is 25.0 Å². The van der Waals surface area contributed by atoms with E-state index in [2.05, 4.69) is 32.0 Å². The molecule has 2 atom stereocenters. The van der Waals surface area contributed by atoms with Gasteiger partial charge in [0.05, 0.1) is 6.04 Å². The van der Waals surface area contributed by atoms with Gasteiger partial charge in [-0.05, 0) is 43.7 Å². The van der Waals surface area contributed by atoms with Crippen LogP contribution in [0, 0.1) is 0 Å². The predicted molar refractivity (Wildman–Crippen MR) is 127 cm³/mol. The first-order chi connectivity index (χ1) is 15.7. The number of Topliss-reactive ketones (excluding diaryl/α,β-unsaturated/α-hetero) is 1. The van der Waals surface area contributed by atoms with Crippen LogP contribution in [0.15, 0.2) is 79.1 Å². The van der Waals surface area contributed by atoms with E-state index in [9.17, 15) is 4.79 Å². The number of anilines is 1. The number of nitrogens with zero attached hydrogens (tertiary/aromatic N) is 4. The minimum atomic E-state index is -0.361. The van der Waals surface area contributed by atoms with E-state index in [0.717, 1.165) is 53.8 Å². The molecule has 1 saturated heterocycles. The number of rotatable bonds is 7. The number of aromatic nitrogens is 3. The average Bonchev–Trinajstić information content (AvgIpc) is 3.47. The van der Waals surface area contributed by atoms with Gasteiger partial charge in [0.1, 0.15) is 0 Å². The number of fused-ring (bicyclic) bond motifs is 1. The SMILES string of the molecule is CN(CC1CCCN1c1cccnn1)C(C(=O)c1c[nH]c2ccccc12)c1ccccc1. The highest BCUT2D eigenvalue weighted by atomic mass is 16.1. The van der Waals surface area contributed by atoms with Gasteiger partial charge in [0, 0.05) is 48.0 Å². The summed E-state index contributed by atoms with van der Waals surface area (Å²) >= 11 is 0. The lowest BCUT2D eigenvalue weighted by Gasteiger charge is -2.33. The van der Waals surface area contributed by atoms with Crippen LogP contribution in [-0.2, 0) is 0 Å². The van der Waals surface area contributed by atoms with Crippen LogP contribution in [0.2, 0.25) is 0 Å². The number of hydrogen-bond acceptors (Lipinski definition) is 5. The van der Waals surface area contributed by atoms with Crippen molar-refractivity contribution < 1.29 is 4.79 Å². The normalized spacial score (nSPS) is 17.2. The number of H-pyrrole nitrogens is 1. The van der Waals surface area contributed by atoms with Gasteiger partial charge in [-0.15, -0.1) is 5.10 Å². The summed E-state index contributed by atoms with van der Waals surface area (Å²) in [5.74, 6) is 1.02. The van der Waals surface area contributed by atoms with E-state index in [4.69, 9.17) is 0 Å². The second-order valence-corrected chi connectivity index (χ2v) is 8.44. The third-order valence-electron chi connectivity index (χ3n) is 6.39. The molecule has 6 heteroatoms. The number of para-hydroxylation sites is 1. The molecule has 2 aromatic carbocycles. The Kier molecular flexibility index (Phi) is 5.69. The lowest BCUT2D eigenvalue weighted by Crippen LogP contribution is -2.42. The fourth-order valence-electron chi connectivity index (χ4n) is 4.88. The smallest absolute Gasteiger partial charge is 0.186 e. The highest BCUT2D eigenvalue weighted by molar-refractivity contribution is 6.10. The maximum Gasteiger partial charge on any atom is 0.186 e. The monoisotopic (exact) mass is 425 g/mol. The van der Waals surface area contributed by atoms with E-state index in [1.807, 2.05) is 72.9 Å². The molecule has 162 valence electrons. The van der Waals surface area contributed by atoms with Gasteiger partial charge in [-0.3, -0.25) is 9.69 Å². The van der Waals surface area contributed by atoms with Crippen LogP contribution in [0.1, 0.15) is 34.8 Å². The number of likely N-dealkylation sites (N-methyl/N-ethyl adjacent to an activating group) is 1. The Hall–Kier alpha value is -3.51. The summed E-state index contributed by atoms with van der Waals surface area (Å²) in [6, 6.07) is 21.9. The van der Waals surface area contributed by atoms with E-state index >= 15 is 0 Å². The topological polar surface area (TPSA) is 65.1 Å². The molecule has 1 N–H and O–H groups in total. The summed E-state index contributed by atoms with van der Waals surface area (Å²) in [5, 5.41) is 9.34. The number of aromatic amines is 1. The Balaban J connectivity index is 1.45. The quantitative estimate of drug-likeness (QED) is 0.442. The molecule has 0 radical (unpaired) electrons. The van der Waals surface area contributed by atoms with Gasteiger partial charge in [-0.2, -0.15) is 5.10 Å². The van der Waals surface area contributed by atoms with Gasteiger partial charge in [0.15, 0.2) is 11.6 Å². The number of carbonyl (C=O) groups excluding carboxylic acids is 1. The molecular weight excluding hydrogens is 398 g/mol.